The topological polar surface area (TPSA) is 90.4 Å². The Hall–Kier alpha value is -2.19. The van der Waals surface area contributed by atoms with Gasteiger partial charge in [0.05, 0.1) is 30.1 Å². The SMILES string of the molecule is C=CCN(CCC)C(=O)[C@H]1[C@H]2C(=O)N([C@@H](CC)CO)C(C(=O)N(CC=C)C(C)CCC)C23CC(C)[C@]1(C)O3. The Morgan fingerprint density at radius 2 is 1.84 bits per heavy atom. The molecular weight excluding hydrogens is 482 g/mol. The van der Waals surface area contributed by atoms with Crippen molar-refractivity contribution in [2.75, 3.05) is 26.2 Å². The van der Waals surface area contributed by atoms with Gasteiger partial charge in [-0.1, -0.05) is 46.3 Å². The highest BCUT2D eigenvalue weighted by Crippen LogP contribution is 2.66. The number of likely N-dealkylation sites (tertiary alicyclic amines) is 1. The van der Waals surface area contributed by atoms with E-state index in [0.717, 1.165) is 19.3 Å². The summed E-state index contributed by atoms with van der Waals surface area (Å²) in [6.07, 6.45) is 6.94. The lowest BCUT2D eigenvalue weighted by Crippen LogP contribution is -2.60. The molecular formula is C30H49N3O5. The zero-order chi connectivity index (χ0) is 28.4. The lowest BCUT2D eigenvalue weighted by molar-refractivity contribution is -0.158. The summed E-state index contributed by atoms with van der Waals surface area (Å²) in [5.41, 5.74) is -1.99. The molecule has 0 saturated carbocycles. The van der Waals surface area contributed by atoms with E-state index in [1.54, 1.807) is 26.9 Å². The van der Waals surface area contributed by atoms with Crippen LogP contribution in [0.4, 0.5) is 0 Å². The number of hydrogen-bond acceptors (Lipinski definition) is 5. The van der Waals surface area contributed by atoms with Gasteiger partial charge in [-0.15, -0.1) is 13.2 Å². The molecule has 3 amide bonds. The summed E-state index contributed by atoms with van der Waals surface area (Å²) in [7, 11) is 0. The zero-order valence-corrected chi connectivity index (χ0v) is 24.3. The second kappa shape index (κ2) is 11.9. The van der Waals surface area contributed by atoms with Crippen molar-refractivity contribution in [2.24, 2.45) is 17.8 Å². The summed E-state index contributed by atoms with van der Waals surface area (Å²) in [5.74, 6) is -2.07. The first-order valence-corrected chi connectivity index (χ1v) is 14.5. The Balaban J connectivity index is 2.18. The molecule has 214 valence electrons. The van der Waals surface area contributed by atoms with Crippen LogP contribution in [0.25, 0.3) is 0 Å². The summed E-state index contributed by atoms with van der Waals surface area (Å²) >= 11 is 0. The van der Waals surface area contributed by atoms with E-state index in [-0.39, 0.29) is 36.3 Å². The van der Waals surface area contributed by atoms with Crippen LogP contribution >= 0.6 is 0 Å². The Bertz CT molecular complexity index is 920. The Kier molecular flexibility index (Phi) is 9.51. The molecule has 3 heterocycles. The Morgan fingerprint density at radius 3 is 2.37 bits per heavy atom. The average Bonchev–Trinajstić information content (AvgIpc) is 3.39. The number of fused-ring (bicyclic) bond motifs is 1. The van der Waals surface area contributed by atoms with Crippen LogP contribution in [-0.4, -0.2) is 93.1 Å². The summed E-state index contributed by atoms with van der Waals surface area (Å²) in [4.78, 5) is 48.2. The van der Waals surface area contributed by atoms with Crippen molar-refractivity contribution in [3.05, 3.63) is 25.3 Å². The van der Waals surface area contributed by atoms with Crippen molar-refractivity contribution in [1.82, 2.24) is 14.7 Å². The first-order valence-electron chi connectivity index (χ1n) is 14.5. The highest BCUT2D eigenvalue weighted by atomic mass is 16.5. The number of nitrogens with zero attached hydrogens (tertiary/aromatic N) is 3. The number of aliphatic hydroxyl groups is 1. The van der Waals surface area contributed by atoms with Crippen molar-refractivity contribution < 1.29 is 24.2 Å². The molecule has 0 aromatic carbocycles. The average molecular weight is 532 g/mol. The molecule has 2 bridgehead atoms. The third-order valence-corrected chi connectivity index (χ3v) is 9.33. The van der Waals surface area contributed by atoms with Crippen LogP contribution in [0.5, 0.6) is 0 Å². The maximum absolute atomic E-state index is 14.5. The molecule has 3 rings (SSSR count). The molecule has 8 nitrogen and oxygen atoms in total. The van der Waals surface area contributed by atoms with Gasteiger partial charge in [-0.25, -0.2) is 0 Å². The lowest BCUT2D eigenvalue weighted by atomic mass is 9.62. The van der Waals surface area contributed by atoms with Gasteiger partial charge in [0.15, 0.2) is 0 Å². The van der Waals surface area contributed by atoms with E-state index in [4.69, 9.17) is 4.74 Å². The van der Waals surface area contributed by atoms with E-state index in [1.165, 1.54) is 0 Å². The minimum atomic E-state index is -1.12. The third-order valence-electron chi connectivity index (χ3n) is 9.33. The van der Waals surface area contributed by atoms with Crippen molar-refractivity contribution >= 4 is 17.7 Å². The smallest absolute Gasteiger partial charge is 0.248 e. The zero-order valence-electron chi connectivity index (χ0n) is 24.3. The molecule has 3 fully saturated rings. The monoisotopic (exact) mass is 531 g/mol. The number of ether oxygens (including phenoxy) is 1. The summed E-state index contributed by atoms with van der Waals surface area (Å²) < 4.78 is 6.87. The molecule has 38 heavy (non-hydrogen) atoms. The van der Waals surface area contributed by atoms with Crippen LogP contribution < -0.4 is 0 Å². The van der Waals surface area contributed by atoms with Gasteiger partial charge in [0, 0.05) is 25.7 Å². The normalized spacial score (nSPS) is 33.1. The quantitative estimate of drug-likeness (QED) is 0.347. The number of aliphatic hydroxyl groups excluding tert-OH is 1. The molecule has 3 saturated heterocycles. The second-order valence-corrected chi connectivity index (χ2v) is 11.7. The molecule has 4 unspecified atom stereocenters. The number of hydrogen-bond donors (Lipinski definition) is 1. The van der Waals surface area contributed by atoms with Crippen molar-refractivity contribution in [3.63, 3.8) is 0 Å². The highest BCUT2D eigenvalue weighted by molar-refractivity contribution is 5.99. The van der Waals surface area contributed by atoms with Gasteiger partial charge >= 0.3 is 0 Å². The van der Waals surface area contributed by atoms with Gasteiger partial charge in [0.1, 0.15) is 11.6 Å². The van der Waals surface area contributed by atoms with Crippen LogP contribution in [0.3, 0.4) is 0 Å². The van der Waals surface area contributed by atoms with Gasteiger partial charge in [0.2, 0.25) is 17.7 Å². The number of carbonyl (C=O) groups excluding carboxylic acids is 3. The summed E-state index contributed by atoms with van der Waals surface area (Å²) in [5, 5.41) is 10.3. The summed E-state index contributed by atoms with van der Waals surface area (Å²) in [6.45, 7) is 20.8. The van der Waals surface area contributed by atoms with Gasteiger partial charge in [0.25, 0.3) is 0 Å². The second-order valence-electron chi connectivity index (χ2n) is 11.7. The minimum Gasteiger partial charge on any atom is -0.394 e. The molecule has 3 aliphatic heterocycles. The largest absolute Gasteiger partial charge is 0.394 e. The summed E-state index contributed by atoms with van der Waals surface area (Å²) in [6, 6.07) is -1.49. The van der Waals surface area contributed by atoms with Crippen LogP contribution in [0, 0.1) is 17.8 Å². The molecule has 0 aromatic heterocycles. The van der Waals surface area contributed by atoms with E-state index >= 15 is 0 Å². The van der Waals surface area contributed by atoms with Crippen molar-refractivity contribution in [3.8, 4) is 0 Å². The van der Waals surface area contributed by atoms with E-state index in [0.29, 0.717) is 32.5 Å². The predicted molar refractivity (Wildman–Crippen MR) is 148 cm³/mol. The van der Waals surface area contributed by atoms with Gasteiger partial charge in [-0.05, 0) is 45.4 Å². The first-order chi connectivity index (χ1) is 18.0. The minimum absolute atomic E-state index is 0.0296. The van der Waals surface area contributed by atoms with E-state index in [9.17, 15) is 19.5 Å². The Labute approximate surface area is 229 Å². The van der Waals surface area contributed by atoms with Gasteiger partial charge in [-0.2, -0.15) is 0 Å². The molecule has 0 aliphatic carbocycles. The fourth-order valence-electron chi connectivity index (χ4n) is 7.41. The molecule has 0 radical (unpaired) electrons. The number of rotatable bonds is 14. The van der Waals surface area contributed by atoms with Crippen LogP contribution in [0.2, 0.25) is 0 Å². The molecule has 8 atom stereocenters. The maximum Gasteiger partial charge on any atom is 0.248 e. The third kappa shape index (κ3) is 4.61. The maximum atomic E-state index is 14.5. The van der Waals surface area contributed by atoms with E-state index < -0.39 is 35.1 Å². The van der Waals surface area contributed by atoms with Crippen LogP contribution in [-0.2, 0) is 19.1 Å². The number of amides is 3. The standard InChI is InChI=1S/C30H49N3O5/c1-9-14-21(7)32(17-12-4)28(37)25-30-18-20(6)29(8,38-30)23(26(35)31(15-10-2)16-11-3)24(30)27(36)33(25)22(13-5)19-34/h10,12,20-25,34H,2,4,9,11,13-19H2,1,3,5-8H3/t20?,21?,22-,23+,24-,25?,29-,30?/m0/s1. The van der Waals surface area contributed by atoms with Gasteiger partial charge < -0.3 is 24.5 Å². The number of carbonyl (C=O) groups is 3. The fraction of sp³-hybridized carbons (Fsp3) is 0.767. The van der Waals surface area contributed by atoms with Crippen molar-refractivity contribution in [1.29, 1.82) is 0 Å². The highest BCUT2D eigenvalue weighted by Gasteiger charge is 2.80. The molecule has 3 aliphatic rings. The van der Waals surface area contributed by atoms with Crippen LogP contribution in [0.15, 0.2) is 25.3 Å². The predicted octanol–water partition coefficient (Wildman–Crippen LogP) is 3.40. The molecule has 8 heteroatoms. The Morgan fingerprint density at radius 1 is 1.18 bits per heavy atom. The van der Waals surface area contributed by atoms with E-state index in [2.05, 4.69) is 27.0 Å². The molecule has 1 N–H and O–H groups in total. The molecule has 0 aromatic rings. The van der Waals surface area contributed by atoms with Crippen LogP contribution in [0.1, 0.15) is 73.6 Å². The lowest BCUT2D eigenvalue weighted by Gasteiger charge is -2.41. The fourth-order valence-corrected chi connectivity index (χ4v) is 7.41. The first kappa shape index (κ1) is 30.4. The van der Waals surface area contributed by atoms with Crippen molar-refractivity contribution in [2.45, 2.75) is 103 Å². The van der Waals surface area contributed by atoms with E-state index in [1.807, 2.05) is 27.7 Å². The molecule has 1 spiro atoms. The van der Waals surface area contributed by atoms with Gasteiger partial charge in [-0.3, -0.25) is 14.4 Å².